The summed E-state index contributed by atoms with van der Waals surface area (Å²) < 4.78 is 13.0. The van der Waals surface area contributed by atoms with Gasteiger partial charge in [-0.15, -0.1) is 0 Å². The standard InChI is InChI=1S/C12H19FN2O/c1-4-11(5-2)15(3)12-9(8-16)6-10(13)7-14-12/h6-7,11,16H,4-5,8H2,1-3H3. The van der Waals surface area contributed by atoms with Crippen LogP contribution < -0.4 is 4.90 Å². The number of rotatable bonds is 5. The van der Waals surface area contributed by atoms with E-state index >= 15 is 0 Å². The molecule has 0 amide bonds. The topological polar surface area (TPSA) is 36.4 Å². The van der Waals surface area contributed by atoms with Crippen molar-refractivity contribution in [3.05, 3.63) is 23.6 Å². The lowest BCUT2D eigenvalue weighted by Crippen LogP contribution is -2.32. The van der Waals surface area contributed by atoms with E-state index in [-0.39, 0.29) is 6.61 Å². The van der Waals surface area contributed by atoms with E-state index in [0.29, 0.717) is 17.4 Å². The summed E-state index contributed by atoms with van der Waals surface area (Å²) in [6, 6.07) is 1.70. The third kappa shape index (κ3) is 2.70. The van der Waals surface area contributed by atoms with Crippen LogP contribution in [0.25, 0.3) is 0 Å². The lowest BCUT2D eigenvalue weighted by atomic mass is 10.1. The van der Waals surface area contributed by atoms with Crippen LogP contribution >= 0.6 is 0 Å². The molecule has 90 valence electrons. The van der Waals surface area contributed by atoms with Crippen LogP contribution in [0.5, 0.6) is 0 Å². The molecule has 1 aromatic heterocycles. The van der Waals surface area contributed by atoms with E-state index in [0.717, 1.165) is 12.8 Å². The van der Waals surface area contributed by atoms with Crippen LogP contribution in [0.3, 0.4) is 0 Å². The van der Waals surface area contributed by atoms with Crippen LogP contribution in [0.1, 0.15) is 32.3 Å². The van der Waals surface area contributed by atoms with Crippen molar-refractivity contribution in [2.75, 3.05) is 11.9 Å². The van der Waals surface area contributed by atoms with E-state index in [1.165, 1.54) is 12.3 Å². The maximum Gasteiger partial charge on any atom is 0.142 e. The van der Waals surface area contributed by atoms with Crippen LogP contribution in [0.15, 0.2) is 12.3 Å². The Morgan fingerprint density at radius 2 is 2.06 bits per heavy atom. The van der Waals surface area contributed by atoms with Gasteiger partial charge in [-0.3, -0.25) is 0 Å². The zero-order chi connectivity index (χ0) is 12.1. The predicted octanol–water partition coefficient (Wildman–Crippen LogP) is 2.34. The molecule has 16 heavy (non-hydrogen) atoms. The van der Waals surface area contributed by atoms with Crippen molar-refractivity contribution in [3.63, 3.8) is 0 Å². The molecule has 1 N–H and O–H groups in total. The van der Waals surface area contributed by atoms with Gasteiger partial charge in [0.25, 0.3) is 0 Å². The Labute approximate surface area is 95.9 Å². The monoisotopic (exact) mass is 226 g/mol. The van der Waals surface area contributed by atoms with E-state index in [4.69, 9.17) is 0 Å². The fraction of sp³-hybridized carbons (Fsp3) is 0.583. The Bertz CT molecular complexity index is 340. The number of aliphatic hydroxyl groups excluding tert-OH is 1. The summed E-state index contributed by atoms with van der Waals surface area (Å²) in [6.07, 6.45) is 3.18. The molecule has 0 radical (unpaired) electrons. The molecule has 0 aliphatic carbocycles. The van der Waals surface area contributed by atoms with Crippen molar-refractivity contribution in [2.24, 2.45) is 0 Å². The molecule has 3 nitrogen and oxygen atoms in total. The molecule has 0 aliphatic heterocycles. The highest BCUT2D eigenvalue weighted by Crippen LogP contribution is 2.21. The van der Waals surface area contributed by atoms with Gasteiger partial charge < -0.3 is 10.0 Å². The van der Waals surface area contributed by atoms with Gasteiger partial charge in [0, 0.05) is 18.7 Å². The van der Waals surface area contributed by atoms with Crippen molar-refractivity contribution in [3.8, 4) is 0 Å². The van der Waals surface area contributed by atoms with Gasteiger partial charge in [-0.2, -0.15) is 0 Å². The molecule has 1 aromatic rings. The molecule has 4 heteroatoms. The smallest absolute Gasteiger partial charge is 0.142 e. The molecule has 0 spiro atoms. The van der Waals surface area contributed by atoms with Crippen LogP contribution in [0.2, 0.25) is 0 Å². The summed E-state index contributed by atoms with van der Waals surface area (Å²) in [7, 11) is 1.93. The van der Waals surface area contributed by atoms with E-state index in [9.17, 15) is 9.50 Å². The zero-order valence-corrected chi connectivity index (χ0v) is 10.1. The fourth-order valence-corrected chi connectivity index (χ4v) is 1.92. The van der Waals surface area contributed by atoms with Crippen LogP contribution in [-0.2, 0) is 6.61 Å². The number of aliphatic hydroxyl groups is 1. The van der Waals surface area contributed by atoms with Gasteiger partial charge in [-0.1, -0.05) is 13.8 Å². The number of aromatic nitrogens is 1. The van der Waals surface area contributed by atoms with Crippen LogP contribution in [0.4, 0.5) is 10.2 Å². The molecule has 0 fully saturated rings. The van der Waals surface area contributed by atoms with Crippen LogP contribution in [0, 0.1) is 5.82 Å². The van der Waals surface area contributed by atoms with Crippen molar-refractivity contribution in [1.29, 1.82) is 0 Å². The zero-order valence-electron chi connectivity index (χ0n) is 10.1. The molecule has 0 saturated heterocycles. The highest BCUT2D eigenvalue weighted by Gasteiger charge is 2.16. The van der Waals surface area contributed by atoms with Gasteiger partial charge in [0.15, 0.2) is 0 Å². The maximum atomic E-state index is 13.0. The Hall–Kier alpha value is -1.16. The molecule has 0 bridgehead atoms. The first-order valence-electron chi connectivity index (χ1n) is 5.62. The van der Waals surface area contributed by atoms with Gasteiger partial charge in [0.05, 0.1) is 12.8 Å². The molecule has 0 aromatic carbocycles. The molecular weight excluding hydrogens is 207 g/mol. The number of nitrogens with zero attached hydrogens (tertiary/aromatic N) is 2. The minimum atomic E-state index is -0.411. The van der Waals surface area contributed by atoms with Gasteiger partial charge in [0.2, 0.25) is 0 Å². The molecule has 1 heterocycles. The quantitative estimate of drug-likeness (QED) is 0.837. The average molecular weight is 226 g/mol. The van der Waals surface area contributed by atoms with Gasteiger partial charge in [-0.05, 0) is 18.9 Å². The minimum absolute atomic E-state index is 0.190. The van der Waals surface area contributed by atoms with Crippen molar-refractivity contribution in [1.82, 2.24) is 4.98 Å². The summed E-state index contributed by atoms with van der Waals surface area (Å²) in [5.74, 6) is 0.253. The Morgan fingerprint density at radius 3 is 2.56 bits per heavy atom. The largest absolute Gasteiger partial charge is 0.392 e. The predicted molar refractivity (Wildman–Crippen MR) is 62.9 cm³/mol. The summed E-state index contributed by atoms with van der Waals surface area (Å²) in [5, 5.41) is 9.19. The number of hydrogen-bond acceptors (Lipinski definition) is 3. The Kier molecular flexibility index (Phi) is 4.68. The highest BCUT2D eigenvalue weighted by molar-refractivity contribution is 5.46. The molecule has 0 unspecified atom stereocenters. The number of halogens is 1. The Balaban J connectivity index is 3.02. The second kappa shape index (κ2) is 5.80. The first-order chi connectivity index (χ1) is 7.63. The number of hydrogen-bond donors (Lipinski definition) is 1. The summed E-state index contributed by atoms with van der Waals surface area (Å²) >= 11 is 0. The Morgan fingerprint density at radius 1 is 1.44 bits per heavy atom. The number of pyridine rings is 1. The third-order valence-electron chi connectivity index (χ3n) is 2.90. The second-order valence-corrected chi connectivity index (χ2v) is 3.88. The van der Waals surface area contributed by atoms with Crippen molar-refractivity contribution in [2.45, 2.75) is 39.3 Å². The first-order valence-corrected chi connectivity index (χ1v) is 5.62. The van der Waals surface area contributed by atoms with Gasteiger partial charge >= 0.3 is 0 Å². The SMILES string of the molecule is CCC(CC)N(C)c1ncc(F)cc1CO. The van der Waals surface area contributed by atoms with E-state index in [1.807, 2.05) is 11.9 Å². The van der Waals surface area contributed by atoms with Crippen molar-refractivity contribution >= 4 is 5.82 Å². The molecule has 0 saturated carbocycles. The van der Waals surface area contributed by atoms with Crippen molar-refractivity contribution < 1.29 is 9.50 Å². The third-order valence-corrected chi connectivity index (χ3v) is 2.90. The molecular formula is C12H19FN2O. The maximum absolute atomic E-state index is 13.0. The molecule has 0 aliphatic rings. The van der Waals surface area contributed by atoms with Gasteiger partial charge in [0.1, 0.15) is 11.6 Å². The second-order valence-electron chi connectivity index (χ2n) is 3.88. The molecule has 1 rings (SSSR count). The van der Waals surface area contributed by atoms with E-state index in [2.05, 4.69) is 18.8 Å². The lowest BCUT2D eigenvalue weighted by molar-refractivity contribution is 0.280. The average Bonchev–Trinajstić information content (AvgIpc) is 2.30. The minimum Gasteiger partial charge on any atom is -0.392 e. The summed E-state index contributed by atoms with van der Waals surface area (Å²) in [5.41, 5.74) is 0.536. The summed E-state index contributed by atoms with van der Waals surface area (Å²) in [4.78, 5) is 6.06. The molecule has 0 atom stereocenters. The fourth-order valence-electron chi connectivity index (χ4n) is 1.92. The number of anilines is 1. The lowest BCUT2D eigenvalue weighted by Gasteiger charge is -2.28. The van der Waals surface area contributed by atoms with Gasteiger partial charge in [-0.25, -0.2) is 9.37 Å². The van der Waals surface area contributed by atoms with E-state index in [1.54, 1.807) is 0 Å². The normalized spacial score (nSPS) is 10.9. The van der Waals surface area contributed by atoms with Crippen LogP contribution in [-0.4, -0.2) is 23.2 Å². The summed E-state index contributed by atoms with van der Waals surface area (Å²) in [6.45, 7) is 4.02. The highest BCUT2D eigenvalue weighted by atomic mass is 19.1. The first kappa shape index (κ1) is 12.9. The van der Waals surface area contributed by atoms with E-state index < -0.39 is 5.82 Å².